The van der Waals surface area contributed by atoms with E-state index in [4.69, 9.17) is 14.2 Å². The highest BCUT2D eigenvalue weighted by Gasteiger charge is 2.19. The number of carbonyl (C=O) groups is 3. The van der Waals surface area contributed by atoms with Gasteiger partial charge in [0.2, 0.25) is 0 Å². The minimum absolute atomic E-state index is 0.0774. The number of rotatable bonds is 69. The van der Waals surface area contributed by atoms with Crippen LogP contribution in [0.25, 0.3) is 0 Å². The summed E-state index contributed by atoms with van der Waals surface area (Å²) in [5.41, 5.74) is 0. The monoisotopic (exact) mass is 1160 g/mol. The van der Waals surface area contributed by atoms with E-state index in [0.717, 1.165) is 89.9 Å². The third-order valence-electron chi connectivity index (χ3n) is 16.8. The first-order valence-electron chi connectivity index (χ1n) is 37.1. The van der Waals surface area contributed by atoms with E-state index in [1.807, 2.05) is 0 Å². The number of ether oxygens (including phenoxy) is 3. The van der Waals surface area contributed by atoms with Crippen LogP contribution in [-0.4, -0.2) is 37.2 Å². The number of hydrogen-bond acceptors (Lipinski definition) is 6. The van der Waals surface area contributed by atoms with Crippen molar-refractivity contribution in [2.45, 2.75) is 412 Å². The molecule has 0 saturated carbocycles. The molecule has 0 aromatic carbocycles. The summed E-state index contributed by atoms with van der Waals surface area (Å²) in [6.45, 7) is 6.65. The van der Waals surface area contributed by atoms with Gasteiger partial charge in [-0.25, -0.2) is 0 Å². The van der Waals surface area contributed by atoms with Crippen LogP contribution in [-0.2, 0) is 28.6 Å². The molecular weight excluding hydrogens is 1020 g/mol. The van der Waals surface area contributed by atoms with E-state index in [0.29, 0.717) is 19.3 Å². The molecule has 0 amide bonds. The molecular formula is C77H142O6. The fourth-order valence-electron chi connectivity index (χ4n) is 11.2. The third-order valence-corrected chi connectivity index (χ3v) is 16.8. The van der Waals surface area contributed by atoms with Crippen molar-refractivity contribution in [2.24, 2.45) is 0 Å². The Morgan fingerprint density at radius 1 is 0.241 bits per heavy atom. The fraction of sp³-hybridized carbons (Fsp3) is 0.857. The summed E-state index contributed by atoms with van der Waals surface area (Å²) < 4.78 is 17.0. The van der Waals surface area contributed by atoms with Crippen molar-refractivity contribution in [3.63, 3.8) is 0 Å². The van der Waals surface area contributed by atoms with Crippen molar-refractivity contribution < 1.29 is 28.6 Å². The van der Waals surface area contributed by atoms with Gasteiger partial charge in [0.25, 0.3) is 0 Å². The Morgan fingerprint density at radius 3 is 0.687 bits per heavy atom. The molecule has 0 saturated heterocycles. The first kappa shape index (κ1) is 80.4. The Bertz CT molecular complexity index is 1430. The molecule has 83 heavy (non-hydrogen) atoms. The summed E-state index contributed by atoms with van der Waals surface area (Å²) in [5.74, 6) is -0.876. The zero-order valence-corrected chi connectivity index (χ0v) is 56.0. The van der Waals surface area contributed by atoms with E-state index in [1.165, 1.54) is 276 Å². The van der Waals surface area contributed by atoms with Gasteiger partial charge in [-0.1, -0.05) is 333 Å². The lowest BCUT2D eigenvalue weighted by Gasteiger charge is -2.18. The van der Waals surface area contributed by atoms with Crippen LogP contribution in [0.2, 0.25) is 0 Å². The van der Waals surface area contributed by atoms with Crippen LogP contribution in [0.15, 0.2) is 48.6 Å². The van der Waals surface area contributed by atoms with E-state index in [2.05, 4.69) is 69.4 Å². The van der Waals surface area contributed by atoms with Gasteiger partial charge in [-0.15, -0.1) is 0 Å². The van der Waals surface area contributed by atoms with E-state index in [-0.39, 0.29) is 31.1 Å². The van der Waals surface area contributed by atoms with E-state index < -0.39 is 6.10 Å². The second kappa shape index (κ2) is 71.8. The first-order chi connectivity index (χ1) is 41.0. The van der Waals surface area contributed by atoms with E-state index in [9.17, 15) is 14.4 Å². The summed E-state index contributed by atoms with van der Waals surface area (Å²) in [5, 5.41) is 0. The molecule has 0 aromatic rings. The molecule has 1 atom stereocenters. The third kappa shape index (κ3) is 70.0. The van der Waals surface area contributed by atoms with Crippen molar-refractivity contribution in [1.82, 2.24) is 0 Å². The molecule has 0 aliphatic carbocycles. The van der Waals surface area contributed by atoms with Crippen molar-refractivity contribution in [1.29, 1.82) is 0 Å². The van der Waals surface area contributed by atoms with Crippen LogP contribution in [0.1, 0.15) is 406 Å². The highest BCUT2D eigenvalue weighted by atomic mass is 16.6. The molecule has 486 valence electrons. The molecule has 0 heterocycles. The van der Waals surface area contributed by atoms with E-state index >= 15 is 0 Å². The van der Waals surface area contributed by atoms with Crippen molar-refractivity contribution in [3.8, 4) is 0 Å². The summed E-state index contributed by atoms with van der Waals surface area (Å²) in [6, 6.07) is 0. The normalized spacial score (nSPS) is 12.3. The molecule has 0 N–H and O–H groups in total. The SMILES string of the molecule is CCCCCC/C=C\C/C=C\CCCCCCCC(=O)OC(COC(=O)CCCCCCC/C=C\CCCCCCC)COC(=O)CCCCCCCCCCCCCCCCCCCCCCCCC/C=C\CCCCCCCCCC. The number of esters is 3. The number of allylic oxidation sites excluding steroid dienone is 8. The quantitative estimate of drug-likeness (QED) is 0.0261. The maximum Gasteiger partial charge on any atom is 0.306 e. The smallest absolute Gasteiger partial charge is 0.306 e. The minimum Gasteiger partial charge on any atom is -0.462 e. The first-order valence-corrected chi connectivity index (χ1v) is 37.1. The average molecular weight is 1160 g/mol. The predicted molar refractivity (Wildman–Crippen MR) is 362 cm³/mol. The summed E-state index contributed by atoms with van der Waals surface area (Å²) >= 11 is 0. The lowest BCUT2D eigenvalue weighted by atomic mass is 10.0. The molecule has 6 heteroatoms. The molecule has 0 spiro atoms. The Hall–Kier alpha value is -2.63. The zero-order chi connectivity index (χ0) is 59.9. The van der Waals surface area contributed by atoms with Crippen LogP contribution in [0.4, 0.5) is 0 Å². The van der Waals surface area contributed by atoms with Crippen LogP contribution in [0.3, 0.4) is 0 Å². The summed E-state index contributed by atoms with van der Waals surface area (Å²) in [7, 11) is 0. The Labute approximate surface area is 518 Å². The van der Waals surface area contributed by atoms with Gasteiger partial charge >= 0.3 is 17.9 Å². The van der Waals surface area contributed by atoms with E-state index in [1.54, 1.807) is 0 Å². The van der Waals surface area contributed by atoms with Gasteiger partial charge < -0.3 is 14.2 Å². The molecule has 0 bridgehead atoms. The second-order valence-corrected chi connectivity index (χ2v) is 25.2. The molecule has 0 aromatic heterocycles. The minimum atomic E-state index is -0.783. The van der Waals surface area contributed by atoms with Crippen molar-refractivity contribution >= 4 is 17.9 Å². The molecule has 0 aliphatic heterocycles. The van der Waals surface area contributed by atoms with Gasteiger partial charge in [0, 0.05) is 19.3 Å². The predicted octanol–water partition coefficient (Wildman–Crippen LogP) is 25.7. The molecule has 0 aliphatic rings. The second-order valence-electron chi connectivity index (χ2n) is 25.2. The van der Waals surface area contributed by atoms with Crippen molar-refractivity contribution in [3.05, 3.63) is 48.6 Å². The summed E-state index contributed by atoms with van der Waals surface area (Å²) in [6.07, 6.45) is 91.7. The molecule has 0 rings (SSSR count). The Balaban J connectivity index is 4.09. The highest BCUT2D eigenvalue weighted by molar-refractivity contribution is 5.71. The maximum atomic E-state index is 12.9. The van der Waals surface area contributed by atoms with Crippen molar-refractivity contribution in [2.75, 3.05) is 13.2 Å². The van der Waals surface area contributed by atoms with Gasteiger partial charge in [-0.3, -0.25) is 14.4 Å². The van der Waals surface area contributed by atoms with Gasteiger partial charge in [-0.2, -0.15) is 0 Å². The lowest BCUT2D eigenvalue weighted by molar-refractivity contribution is -0.167. The summed E-state index contributed by atoms with van der Waals surface area (Å²) in [4.78, 5) is 38.4. The number of unbranched alkanes of at least 4 members (excludes halogenated alkanes) is 50. The highest BCUT2D eigenvalue weighted by Crippen LogP contribution is 2.18. The van der Waals surface area contributed by atoms with Gasteiger partial charge in [-0.05, 0) is 103 Å². The standard InChI is InChI=1S/C77H142O6/c1-4-7-10-13-16-19-22-25-28-30-31-32-33-34-35-36-37-38-39-40-41-42-43-44-45-46-47-48-50-52-55-58-61-64-67-70-76(79)82-73-74(72-81-75(78)69-66-63-60-57-54-51-27-24-21-18-15-12-9-6-3)83-77(80)71-68-65-62-59-56-53-49-29-26-23-20-17-14-11-8-5-2/h20,23-24,27,29-31,49,74H,4-19,21-22,25-26,28,32-48,50-73H2,1-3H3/b23-20-,27-24-,31-30-,49-29-. The number of carbonyl (C=O) groups excluding carboxylic acids is 3. The molecule has 6 nitrogen and oxygen atoms in total. The van der Waals surface area contributed by atoms with Gasteiger partial charge in [0.15, 0.2) is 6.10 Å². The van der Waals surface area contributed by atoms with Gasteiger partial charge in [0.05, 0.1) is 0 Å². The molecule has 1 unspecified atom stereocenters. The molecule has 0 fully saturated rings. The van der Waals surface area contributed by atoms with Crippen LogP contribution in [0, 0.1) is 0 Å². The van der Waals surface area contributed by atoms with Crippen LogP contribution < -0.4 is 0 Å². The average Bonchev–Trinajstić information content (AvgIpc) is 3.50. The lowest BCUT2D eigenvalue weighted by Crippen LogP contribution is -2.30. The Morgan fingerprint density at radius 2 is 0.434 bits per heavy atom. The topological polar surface area (TPSA) is 78.9 Å². The Kier molecular flexibility index (Phi) is 69.6. The molecule has 0 radical (unpaired) electrons. The van der Waals surface area contributed by atoms with Crippen LogP contribution in [0.5, 0.6) is 0 Å². The largest absolute Gasteiger partial charge is 0.462 e. The maximum absolute atomic E-state index is 12.9. The number of hydrogen-bond donors (Lipinski definition) is 0. The van der Waals surface area contributed by atoms with Crippen LogP contribution >= 0.6 is 0 Å². The zero-order valence-electron chi connectivity index (χ0n) is 56.0. The van der Waals surface area contributed by atoms with Gasteiger partial charge in [0.1, 0.15) is 13.2 Å². The fourth-order valence-corrected chi connectivity index (χ4v) is 11.2.